The van der Waals surface area contributed by atoms with E-state index in [9.17, 15) is 49.1 Å². The molecule has 0 unspecified atom stereocenters. The van der Waals surface area contributed by atoms with Crippen LogP contribution in [0.1, 0.15) is 5.56 Å². The fourth-order valence-electron chi connectivity index (χ4n) is 4.08. The van der Waals surface area contributed by atoms with E-state index in [1.54, 1.807) is 25.1 Å². The number of fused-ring (bicyclic) bond motifs is 2. The molecule has 5 rings (SSSR count). The first-order valence-electron chi connectivity index (χ1n) is 11.7. The lowest BCUT2D eigenvalue weighted by atomic mass is 10.1. The van der Waals surface area contributed by atoms with Gasteiger partial charge in [-0.1, -0.05) is 29.8 Å². The first-order valence-corrected chi connectivity index (χ1v) is 16.0. The van der Waals surface area contributed by atoms with Crippen LogP contribution < -0.4 is 0 Å². The van der Waals surface area contributed by atoms with Crippen molar-refractivity contribution >= 4 is 75.2 Å². The van der Waals surface area contributed by atoms with E-state index in [0.717, 1.165) is 35.9 Å². The second-order valence-electron chi connectivity index (χ2n) is 9.04. The number of nitrogens with zero attached hydrogens (tertiary/aromatic N) is 6. The van der Waals surface area contributed by atoms with E-state index in [2.05, 4.69) is 35.6 Å². The zero-order valence-corrected chi connectivity index (χ0v) is 24.2. The predicted octanol–water partition coefficient (Wildman–Crippen LogP) is 4.40. The molecule has 21 heteroatoms. The highest BCUT2D eigenvalue weighted by atomic mass is 32.2. The Balaban J connectivity index is 1.56. The molecule has 0 bridgehead atoms. The van der Waals surface area contributed by atoms with E-state index in [-0.39, 0.29) is 27.8 Å². The summed E-state index contributed by atoms with van der Waals surface area (Å²) in [4.78, 5) is 1.41. The SMILES string of the molecule is Cc1ccc2c(N=Nc3n[nH]c(N=Nc4c(O)c(S(=O)(=O)O)cc5cc(S(=O)(=O)O)ccc45)n3)c(O)c(S(=O)(=O)O)cc2c1. The molecule has 5 aromatic rings. The molecule has 4 aromatic carbocycles. The predicted molar refractivity (Wildman–Crippen MR) is 150 cm³/mol. The monoisotopic (exact) mass is 663 g/mol. The maximum absolute atomic E-state index is 11.8. The number of azo groups is 2. The van der Waals surface area contributed by atoms with Gasteiger partial charge < -0.3 is 10.2 Å². The molecule has 1 aromatic heterocycles. The van der Waals surface area contributed by atoms with Gasteiger partial charge in [0.25, 0.3) is 42.3 Å². The number of aromatic hydroxyl groups is 2. The molecule has 0 aliphatic heterocycles. The van der Waals surface area contributed by atoms with Crippen LogP contribution in [0.25, 0.3) is 21.5 Å². The van der Waals surface area contributed by atoms with Gasteiger partial charge in [0, 0.05) is 10.8 Å². The van der Waals surface area contributed by atoms with Crippen molar-refractivity contribution in [1.29, 1.82) is 0 Å². The van der Waals surface area contributed by atoms with E-state index in [1.165, 1.54) is 0 Å². The van der Waals surface area contributed by atoms with Crippen LogP contribution in [0.2, 0.25) is 0 Å². The summed E-state index contributed by atoms with van der Waals surface area (Å²) in [5.74, 6) is -2.72. The third kappa shape index (κ3) is 5.95. The molecular formula is C23H17N7O11S3. The summed E-state index contributed by atoms with van der Waals surface area (Å²) in [6.07, 6.45) is 0. The Labute approximate surface area is 246 Å². The Kier molecular flexibility index (Phi) is 7.39. The molecule has 18 nitrogen and oxygen atoms in total. The van der Waals surface area contributed by atoms with E-state index in [0.29, 0.717) is 5.39 Å². The lowest BCUT2D eigenvalue weighted by molar-refractivity contribution is 0.443. The van der Waals surface area contributed by atoms with Crippen LogP contribution in [0.4, 0.5) is 23.3 Å². The van der Waals surface area contributed by atoms with E-state index in [4.69, 9.17) is 0 Å². The van der Waals surface area contributed by atoms with Crippen molar-refractivity contribution in [2.24, 2.45) is 20.5 Å². The number of hydrogen-bond acceptors (Lipinski definition) is 14. The minimum absolute atomic E-state index is 0.0400. The highest BCUT2D eigenvalue weighted by Gasteiger charge is 2.24. The summed E-state index contributed by atoms with van der Waals surface area (Å²) < 4.78 is 98.8. The number of nitrogens with one attached hydrogen (secondary N) is 1. The summed E-state index contributed by atoms with van der Waals surface area (Å²) in [5, 5.41) is 42.5. The number of H-pyrrole nitrogens is 1. The fraction of sp³-hybridized carbons (Fsp3) is 0.0435. The van der Waals surface area contributed by atoms with Gasteiger partial charge in [-0.05, 0) is 42.0 Å². The Hall–Kier alpha value is -4.93. The van der Waals surface area contributed by atoms with Crippen LogP contribution in [0.5, 0.6) is 11.5 Å². The van der Waals surface area contributed by atoms with Crippen molar-refractivity contribution in [3.63, 3.8) is 0 Å². The zero-order chi connectivity index (χ0) is 32.2. The first kappa shape index (κ1) is 30.5. The van der Waals surface area contributed by atoms with Gasteiger partial charge in [-0.15, -0.1) is 25.6 Å². The Morgan fingerprint density at radius 2 is 1.18 bits per heavy atom. The lowest BCUT2D eigenvalue weighted by Gasteiger charge is -2.09. The van der Waals surface area contributed by atoms with Crippen LogP contribution in [0.3, 0.4) is 0 Å². The highest BCUT2D eigenvalue weighted by Crippen LogP contribution is 2.43. The molecule has 0 amide bonds. The molecule has 0 atom stereocenters. The minimum atomic E-state index is -5.04. The summed E-state index contributed by atoms with van der Waals surface area (Å²) in [5.41, 5.74) is -0.118. The van der Waals surface area contributed by atoms with Crippen LogP contribution in [0, 0.1) is 6.92 Å². The molecule has 1 heterocycles. The molecule has 0 fully saturated rings. The van der Waals surface area contributed by atoms with Crippen molar-refractivity contribution in [2.45, 2.75) is 21.6 Å². The number of hydrogen-bond donors (Lipinski definition) is 6. The smallest absolute Gasteiger partial charge is 0.298 e. The zero-order valence-electron chi connectivity index (χ0n) is 21.7. The Bertz CT molecular complexity index is 2410. The number of aryl methyl sites for hydroxylation is 1. The molecule has 0 saturated heterocycles. The van der Waals surface area contributed by atoms with Crippen molar-refractivity contribution < 1.29 is 49.1 Å². The van der Waals surface area contributed by atoms with Gasteiger partial charge in [-0.25, -0.2) is 5.10 Å². The summed E-state index contributed by atoms with van der Waals surface area (Å²) in [6, 6.07) is 9.55. The number of rotatable bonds is 7. The van der Waals surface area contributed by atoms with E-state index in [1.807, 2.05) is 0 Å². The maximum Gasteiger partial charge on any atom is 0.298 e. The number of aromatic amines is 1. The van der Waals surface area contributed by atoms with Crippen LogP contribution in [-0.2, 0) is 30.4 Å². The Morgan fingerprint density at radius 1 is 0.659 bits per heavy atom. The molecule has 0 radical (unpaired) electrons. The standard InChI is InChI=1S/C23H17N7O11S3/c1-10-2-4-14-11(6-10)8-16(43(36,37)38)20(31)18(14)25-27-22-24-23(30-29-22)28-26-19-15-5-3-13(42(33,34)35)7-12(15)9-17(21(19)32)44(39,40)41/h2-9,31-32H,1H3,(H,24,29,30)(H,33,34,35)(H,36,37,38)(H,39,40,41). The molecule has 6 N–H and O–H groups in total. The number of phenolic OH excluding ortho intramolecular Hbond substituents is 2. The topological polar surface area (TPSA) is 295 Å². The average molecular weight is 664 g/mol. The molecule has 228 valence electrons. The largest absolute Gasteiger partial charge is 0.504 e. The maximum atomic E-state index is 11.8. The minimum Gasteiger partial charge on any atom is -0.504 e. The van der Waals surface area contributed by atoms with Gasteiger partial charge in [-0.3, -0.25) is 13.7 Å². The van der Waals surface area contributed by atoms with Crippen molar-refractivity contribution in [3.05, 3.63) is 54.1 Å². The fourth-order valence-corrected chi connectivity index (χ4v) is 5.83. The van der Waals surface area contributed by atoms with Gasteiger partial charge >= 0.3 is 0 Å². The van der Waals surface area contributed by atoms with Crippen LogP contribution in [0.15, 0.2) is 83.7 Å². The second kappa shape index (κ2) is 10.7. The number of benzene rings is 4. The summed E-state index contributed by atoms with van der Waals surface area (Å²) >= 11 is 0. The summed E-state index contributed by atoms with van der Waals surface area (Å²) in [7, 11) is -14.6. The lowest BCUT2D eigenvalue weighted by Crippen LogP contribution is -2.00. The van der Waals surface area contributed by atoms with Gasteiger partial charge in [0.1, 0.15) is 21.2 Å². The molecule has 0 saturated carbocycles. The van der Waals surface area contributed by atoms with Gasteiger partial charge in [0.15, 0.2) is 11.5 Å². The summed E-state index contributed by atoms with van der Waals surface area (Å²) in [6.45, 7) is 1.74. The molecule has 0 aliphatic carbocycles. The van der Waals surface area contributed by atoms with E-state index >= 15 is 0 Å². The van der Waals surface area contributed by atoms with E-state index < -0.39 is 68.2 Å². The number of aromatic nitrogens is 3. The van der Waals surface area contributed by atoms with Gasteiger partial charge in [-0.2, -0.15) is 30.2 Å². The second-order valence-corrected chi connectivity index (χ2v) is 13.2. The number of phenols is 2. The molecule has 0 aliphatic rings. The first-order chi connectivity index (χ1) is 20.4. The average Bonchev–Trinajstić information content (AvgIpc) is 3.37. The van der Waals surface area contributed by atoms with Crippen molar-refractivity contribution in [1.82, 2.24) is 15.2 Å². The van der Waals surface area contributed by atoms with Crippen LogP contribution >= 0.6 is 0 Å². The molecule has 44 heavy (non-hydrogen) atoms. The van der Waals surface area contributed by atoms with Crippen LogP contribution in [-0.4, -0.2) is 64.3 Å². The molecule has 0 spiro atoms. The quantitative estimate of drug-likeness (QED) is 0.104. The van der Waals surface area contributed by atoms with Gasteiger partial charge in [0.2, 0.25) is 0 Å². The highest BCUT2D eigenvalue weighted by molar-refractivity contribution is 7.86. The van der Waals surface area contributed by atoms with Gasteiger partial charge in [0.05, 0.1) is 4.90 Å². The third-order valence-corrected chi connectivity index (χ3v) is 8.61. The Morgan fingerprint density at radius 3 is 1.73 bits per heavy atom. The molecular weight excluding hydrogens is 646 g/mol. The van der Waals surface area contributed by atoms with Crippen molar-refractivity contribution in [2.75, 3.05) is 0 Å². The third-order valence-electron chi connectivity index (χ3n) is 6.03. The normalized spacial score (nSPS) is 13.1. The van der Waals surface area contributed by atoms with Crippen molar-refractivity contribution in [3.8, 4) is 11.5 Å².